The van der Waals surface area contributed by atoms with E-state index in [1.807, 2.05) is 19.1 Å². The van der Waals surface area contributed by atoms with Gasteiger partial charge in [-0.15, -0.1) is 0 Å². The van der Waals surface area contributed by atoms with Crippen molar-refractivity contribution in [1.82, 2.24) is 4.98 Å². The number of nitrogens with one attached hydrogen (secondary N) is 1. The SMILES string of the molecule is Cc1cc(Nc2ccc(Cl)c(C(=O)O)c2)ccn1. The number of rotatable bonds is 3. The Kier molecular flexibility index (Phi) is 3.48. The van der Waals surface area contributed by atoms with Gasteiger partial charge >= 0.3 is 5.97 Å². The van der Waals surface area contributed by atoms with Crippen LogP contribution in [0.1, 0.15) is 16.1 Å². The van der Waals surface area contributed by atoms with E-state index in [2.05, 4.69) is 10.3 Å². The van der Waals surface area contributed by atoms with Gasteiger partial charge in [-0.25, -0.2) is 4.79 Å². The van der Waals surface area contributed by atoms with Crippen molar-refractivity contribution in [3.63, 3.8) is 0 Å². The summed E-state index contributed by atoms with van der Waals surface area (Å²) in [5, 5.41) is 12.3. The number of pyridine rings is 1. The van der Waals surface area contributed by atoms with Crippen LogP contribution >= 0.6 is 11.6 Å². The number of aryl methyl sites for hydroxylation is 1. The molecule has 18 heavy (non-hydrogen) atoms. The Labute approximate surface area is 109 Å². The highest BCUT2D eigenvalue weighted by molar-refractivity contribution is 6.33. The highest BCUT2D eigenvalue weighted by Crippen LogP contribution is 2.23. The zero-order chi connectivity index (χ0) is 13.1. The van der Waals surface area contributed by atoms with Crippen molar-refractivity contribution in [1.29, 1.82) is 0 Å². The molecule has 0 spiro atoms. The number of anilines is 2. The van der Waals surface area contributed by atoms with E-state index in [0.29, 0.717) is 5.69 Å². The summed E-state index contributed by atoms with van der Waals surface area (Å²) in [5.74, 6) is -1.05. The normalized spacial score (nSPS) is 10.1. The van der Waals surface area contributed by atoms with Crippen LogP contribution in [0.4, 0.5) is 11.4 Å². The van der Waals surface area contributed by atoms with Crippen LogP contribution in [0.2, 0.25) is 5.02 Å². The molecule has 0 radical (unpaired) electrons. The number of carboxylic acid groups (broad SMARTS) is 1. The Morgan fingerprint density at radius 2 is 2.00 bits per heavy atom. The van der Waals surface area contributed by atoms with Crippen molar-refractivity contribution in [2.45, 2.75) is 6.92 Å². The maximum Gasteiger partial charge on any atom is 0.337 e. The third-order valence-electron chi connectivity index (χ3n) is 2.38. The monoisotopic (exact) mass is 262 g/mol. The van der Waals surface area contributed by atoms with Crippen LogP contribution in [-0.2, 0) is 0 Å². The molecule has 0 aliphatic rings. The quantitative estimate of drug-likeness (QED) is 0.889. The summed E-state index contributed by atoms with van der Waals surface area (Å²) in [6.45, 7) is 1.88. The molecule has 1 aromatic carbocycles. The van der Waals surface area contributed by atoms with E-state index in [9.17, 15) is 4.79 Å². The lowest BCUT2D eigenvalue weighted by Crippen LogP contribution is -1.99. The van der Waals surface area contributed by atoms with Gasteiger partial charge in [0, 0.05) is 23.3 Å². The van der Waals surface area contributed by atoms with Gasteiger partial charge in [-0.05, 0) is 37.3 Å². The molecule has 2 aromatic rings. The number of aromatic nitrogens is 1. The van der Waals surface area contributed by atoms with E-state index >= 15 is 0 Å². The minimum Gasteiger partial charge on any atom is -0.478 e. The van der Waals surface area contributed by atoms with Crippen LogP contribution < -0.4 is 5.32 Å². The standard InChI is InChI=1S/C13H11ClN2O2/c1-8-6-10(4-5-15-8)16-9-2-3-12(14)11(7-9)13(17)18/h2-7H,1H3,(H,15,16)(H,17,18). The van der Waals surface area contributed by atoms with E-state index in [-0.39, 0.29) is 10.6 Å². The molecule has 0 atom stereocenters. The van der Waals surface area contributed by atoms with E-state index in [0.717, 1.165) is 11.4 Å². The van der Waals surface area contributed by atoms with Crippen LogP contribution in [0.3, 0.4) is 0 Å². The average Bonchev–Trinajstić information content (AvgIpc) is 2.31. The number of hydrogen-bond donors (Lipinski definition) is 2. The van der Waals surface area contributed by atoms with Gasteiger partial charge in [0.05, 0.1) is 10.6 Å². The van der Waals surface area contributed by atoms with Crippen LogP contribution in [0, 0.1) is 6.92 Å². The average molecular weight is 263 g/mol. The first kappa shape index (κ1) is 12.4. The Balaban J connectivity index is 2.30. The molecule has 0 aliphatic heterocycles. The van der Waals surface area contributed by atoms with Gasteiger partial charge in [0.1, 0.15) is 0 Å². The first-order valence-electron chi connectivity index (χ1n) is 5.29. The number of nitrogens with zero attached hydrogens (tertiary/aromatic N) is 1. The lowest BCUT2D eigenvalue weighted by atomic mass is 10.2. The maximum absolute atomic E-state index is 11.0. The maximum atomic E-state index is 11.0. The summed E-state index contributed by atoms with van der Waals surface area (Å²) < 4.78 is 0. The van der Waals surface area contributed by atoms with Gasteiger partial charge in [-0.3, -0.25) is 4.98 Å². The second kappa shape index (κ2) is 5.06. The van der Waals surface area contributed by atoms with Gasteiger partial charge in [0.25, 0.3) is 0 Å². The number of benzene rings is 1. The van der Waals surface area contributed by atoms with Crippen LogP contribution in [-0.4, -0.2) is 16.1 Å². The molecule has 0 unspecified atom stereocenters. The van der Waals surface area contributed by atoms with E-state index < -0.39 is 5.97 Å². The van der Waals surface area contributed by atoms with E-state index in [1.165, 1.54) is 6.07 Å². The van der Waals surface area contributed by atoms with Gasteiger partial charge < -0.3 is 10.4 Å². The lowest BCUT2D eigenvalue weighted by molar-refractivity contribution is 0.0697. The zero-order valence-corrected chi connectivity index (χ0v) is 10.4. The minimum absolute atomic E-state index is 0.0763. The highest BCUT2D eigenvalue weighted by atomic mass is 35.5. The summed E-state index contributed by atoms with van der Waals surface area (Å²) in [6, 6.07) is 8.46. The molecule has 1 aromatic heterocycles. The van der Waals surface area contributed by atoms with Crippen LogP contribution in [0.25, 0.3) is 0 Å². The smallest absolute Gasteiger partial charge is 0.337 e. The van der Waals surface area contributed by atoms with Gasteiger partial charge in [-0.2, -0.15) is 0 Å². The summed E-state index contributed by atoms with van der Waals surface area (Å²) in [7, 11) is 0. The van der Waals surface area contributed by atoms with Crippen molar-refractivity contribution in [2.75, 3.05) is 5.32 Å². The molecule has 0 aliphatic carbocycles. The Hall–Kier alpha value is -2.07. The Morgan fingerprint density at radius 1 is 1.28 bits per heavy atom. The molecule has 0 fully saturated rings. The summed E-state index contributed by atoms with van der Waals surface area (Å²) in [6.07, 6.45) is 1.69. The minimum atomic E-state index is -1.05. The number of hydrogen-bond acceptors (Lipinski definition) is 3. The largest absolute Gasteiger partial charge is 0.478 e. The third kappa shape index (κ3) is 2.78. The number of halogens is 1. The van der Waals surface area contributed by atoms with Gasteiger partial charge in [0.2, 0.25) is 0 Å². The second-order valence-corrected chi connectivity index (χ2v) is 4.22. The molecule has 5 heteroatoms. The van der Waals surface area contributed by atoms with Crippen molar-refractivity contribution in [3.8, 4) is 0 Å². The summed E-state index contributed by atoms with van der Waals surface area (Å²) in [5.41, 5.74) is 2.48. The molecule has 0 amide bonds. The molecule has 2 N–H and O–H groups in total. The van der Waals surface area contributed by atoms with Gasteiger partial charge in [-0.1, -0.05) is 11.6 Å². The predicted octanol–water partition coefficient (Wildman–Crippen LogP) is 3.49. The Morgan fingerprint density at radius 3 is 2.67 bits per heavy atom. The van der Waals surface area contributed by atoms with Crippen LogP contribution in [0.15, 0.2) is 36.5 Å². The second-order valence-electron chi connectivity index (χ2n) is 3.81. The fourth-order valence-corrected chi connectivity index (χ4v) is 1.76. The van der Waals surface area contributed by atoms with E-state index in [1.54, 1.807) is 18.3 Å². The van der Waals surface area contributed by atoms with Gasteiger partial charge in [0.15, 0.2) is 0 Å². The predicted molar refractivity (Wildman–Crippen MR) is 70.7 cm³/mol. The molecule has 0 saturated heterocycles. The fourth-order valence-electron chi connectivity index (χ4n) is 1.56. The molecule has 0 saturated carbocycles. The first-order valence-corrected chi connectivity index (χ1v) is 5.66. The zero-order valence-electron chi connectivity index (χ0n) is 9.64. The molecular weight excluding hydrogens is 252 g/mol. The molecule has 0 bridgehead atoms. The Bertz CT molecular complexity index is 599. The van der Waals surface area contributed by atoms with Crippen molar-refractivity contribution in [3.05, 3.63) is 52.8 Å². The van der Waals surface area contributed by atoms with Crippen molar-refractivity contribution in [2.24, 2.45) is 0 Å². The number of aromatic carboxylic acids is 1. The van der Waals surface area contributed by atoms with Crippen LogP contribution in [0.5, 0.6) is 0 Å². The first-order chi connectivity index (χ1) is 8.56. The molecular formula is C13H11ClN2O2. The molecule has 2 rings (SSSR count). The number of carbonyl (C=O) groups is 1. The summed E-state index contributed by atoms with van der Waals surface area (Å²) in [4.78, 5) is 15.0. The molecule has 92 valence electrons. The van der Waals surface area contributed by atoms with Crippen molar-refractivity contribution >= 4 is 28.9 Å². The molecule has 1 heterocycles. The third-order valence-corrected chi connectivity index (χ3v) is 2.71. The van der Waals surface area contributed by atoms with E-state index in [4.69, 9.17) is 16.7 Å². The lowest BCUT2D eigenvalue weighted by Gasteiger charge is -2.08. The van der Waals surface area contributed by atoms with Crippen molar-refractivity contribution < 1.29 is 9.90 Å². The summed E-state index contributed by atoms with van der Waals surface area (Å²) >= 11 is 5.80. The fraction of sp³-hybridized carbons (Fsp3) is 0.0769. The molecule has 4 nitrogen and oxygen atoms in total. The topological polar surface area (TPSA) is 62.2 Å². The number of carboxylic acids is 1. The highest BCUT2D eigenvalue weighted by Gasteiger charge is 2.09.